The number of nitrogens with zero attached hydrogens (tertiary/aromatic N) is 1. The number of fused-ring (bicyclic) bond motifs is 1. The summed E-state index contributed by atoms with van der Waals surface area (Å²) in [5.41, 5.74) is 7.13. The van der Waals surface area contributed by atoms with Crippen molar-refractivity contribution in [3.63, 3.8) is 0 Å². The van der Waals surface area contributed by atoms with Gasteiger partial charge in [-0.15, -0.1) is 12.4 Å². The zero-order valence-corrected chi connectivity index (χ0v) is 13.3. The summed E-state index contributed by atoms with van der Waals surface area (Å²) in [6.45, 7) is 4.35. The lowest BCUT2D eigenvalue weighted by atomic mass is 9.94. The summed E-state index contributed by atoms with van der Waals surface area (Å²) in [5, 5.41) is 2.68. The third kappa shape index (κ3) is 4.19. The highest BCUT2D eigenvalue weighted by molar-refractivity contribution is 5.85. The summed E-state index contributed by atoms with van der Waals surface area (Å²) in [6.07, 6.45) is 3.85. The molecule has 0 bridgehead atoms. The van der Waals surface area contributed by atoms with E-state index in [4.69, 9.17) is 5.73 Å². The molecular formula is C18H25ClN2. The van der Waals surface area contributed by atoms with Gasteiger partial charge in [0, 0.05) is 13.1 Å². The van der Waals surface area contributed by atoms with Crippen LogP contribution in [0, 0.1) is 5.92 Å². The second-order valence-electron chi connectivity index (χ2n) is 6.00. The maximum Gasteiger partial charge on any atom is 0.0234 e. The van der Waals surface area contributed by atoms with E-state index in [2.05, 4.69) is 47.4 Å². The van der Waals surface area contributed by atoms with Crippen molar-refractivity contribution in [2.75, 3.05) is 19.6 Å². The molecule has 1 heterocycles. The largest absolute Gasteiger partial charge is 0.330 e. The van der Waals surface area contributed by atoms with Crippen LogP contribution in [0.2, 0.25) is 0 Å². The first kappa shape index (κ1) is 16.3. The van der Waals surface area contributed by atoms with Crippen LogP contribution in [0.25, 0.3) is 10.8 Å². The average molecular weight is 305 g/mol. The maximum absolute atomic E-state index is 5.70. The number of benzene rings is 2. The second kappa shape index (κ2) is 7.79. The molecule has 2 N–H and O–H groups in total. The molecule has 3 heteroatoms. The highest BCUT2D eigenvalue weighted by atomic mass is 35.5. The molecule has 1 saturated heterocycles. The Labute approximate surface area is 133 Å². The van der Waals surface area contributed by atoms with Gasteiger partial charge in [-0.05, 0) is 60.7 Å². The summed E-state index contributed by atoms with van der Waals surface area (Å²) < 4.78 is 0. The fraction of sp³-hybridized carbons (Fsp3) is 0.444. The summed E-state index contributed by atoms with van der Waals surface area (Å²) >= 11 is 0. The van der Waals surface area contributed by atoms with Crippen molar-refractivity contribution in [3.05, 3.63) is 48.0 Å². The maximum atomic E-state index is 5.70. The molecule has 2 aromatic rings. The van der Waals surface area contributed by atoms with Gasteiger partial charge in [0.25, 0.3) is 0 Å². The zero-order chi connectivity index (χ0) is 13.8. The van der Waals surface area contributed by atoms with Gasteiger partial charge in [0.05, 0.1) is 0 Å². The molecule has 0 aromatic heterocycles. The lowest BCUT2D eigenvalue weighted by Gasteiger charge is -2.32. The third-order valence-electron chi connectivity index (χ3n) is 4.40. The van der Waals surface area contributed by atoms with Crippen molar-refractivity contribution in [1.29, 1.82) is 0 Å². The van der Waals surface area contributed by atoms with E-state index in [0.29, 0.717) is 0 Å². The fourth-order valence-corrected chi connectivity index (χ4v) is 3.36. The predicted octanol–water partition coefficient (Wildman–Crippen LogP) is 3.82. The molecule has 1 unspecified atom stereocenters. The second-order valence-corrected chi connectivity index (χ2v) is 6.00. The van der Waals surface area contributed by atoms with Crippen molar-refractivity contribution in [3.8, 4) is 0 Å². The minimum absolute atomic E-state index is 0. The van der Waals surface area contributed by atoms with Crippen LogP contribution in [0.15, 0.2) is 42.5 Å². The number of hydrogen-bond acceptors (Lipinski definition) is 2. The van der Waals surface area contributed by atoms with Crippen LogP contribution in [0.5, 0.6) is 0 Å². The van der Waals surface area contributed by atoms with Gasteiger partial charge in [-0.1, -0.05) is 36.4 Å². The van der Waals surface area contributed by atoms with E-state index in [0.717, 1.165) is 19.0 Å². The van der Waals surface area contributed by atoms with E-state index in [1.54, 1.807) is 0 Å². The first-order chi connectivity index (χ1) is 9.85. The Morgan fingerprint density at radius 1 is 1.10 bits per heavy atom. The van der Waals surface area contributed by atoms with Crippen molar-refractivity contribution in [2.24, 2.45) is 11.7 Å². The first-order valence-electron chi connectivity index (χ1n) is 7.75. The molecule has 1 aliphatic rings. The highest BCUT2D eigenvalue weighted by Crippen LogP contribution is 2.22. The van der Waals surface area contributed by atoms with Crippen molar-refractivity contribution >= 4 is 23.2 Å². The van der Waals surface area contributed by atoms with E-state index in [9.17, 15) is 0 Å². The molecule has 114 valence electrons. The van der Waals surface area contributed by atoms with Gasteiger partial charge in [-0.25, -0.2) is 0 Å². The molecule has 0 aliphatic carbocycles. The van der Waals surface area contributed by atoms with Crippen LogP contribution in [0.3, 0.4) is 0 Å². The van der Waals surface area contributed by atoms with Crippen molar-refractivity contribution < 1.29 is 0 Å². The molecule has 2 nitrogen and oxygen atoms in total. The molecule has 1 aliphatic heterocycles. The Balaban J connectivity index is 0.00000161. The number of halogens is 1. The smallest absolute Gasteiger partial charge is 0.0234 e. The molecular weight excluding hydrogens is 280 g/mol. The average Bonchev–Trinajstić information content (AvgIpc) is 2.48. The highest BCUT2D eigenvalue weighted by Gasteiger charge is 2.19. The van der Waals surface area contributed by atoms with Gasteiger partial charge in [0.2, 0.25) is 0 Å². The normalized spacial score (nSPS) is 19.4. The standard InChI is InChI=1S/C18H24N2.ClH/c19-10-9-15-4-3-11-20(13-15)14-16-7-8-17-5-1-2-6-18(17)12-16;/h1-2,5-8,12,15H,3-4,9-11,13-14,19H2;1H. The molecule has 2 aromatic carbocycles. The molecule has 1 atom stereocenters. The van der Waals surface area contributed by atoms with E-state index >= 15 is 0 Å². The van der Waals surface area contributed by atoms with Gasteiger partial charge >= 0.3 is 0 Å². The van der Waals surface area contributed by atoms with Crippen LogP contribution in [0.4, 0.5) is 0 Å². The summed E-state index contributed by atoms with van der Waals surface area (Å²) in [5.74, 6) is 0.800. The van der Waals surface area contributed by atoms with Gasteiger partial charge in [0.15, 0.2) is 0 Å². The monoisotopic (exact) mass is 304 g/mol. The number of hydrogen-bond donors (Lipinski definition) is 1. The molecule has 3 rings (SSSR count). The number of rotatable bonds is 4. The minimum Gasteiger partial charge on any atom is -0.330 e. The summed E-state index contributed by atoms with van der Waals surface area (Å²) in [6, 6.07) is 15.4. The lowest BCUT2D eigenvalue weighted by molar-refractivity contribution is 0.163. The van der Waals surface area contributed by atoms with E-state index in [1.165, 1.54) is 48.7 Å². The van der Waals surface area contributed by atoms with Crippen LogP contribution in [-0.2, 0) is 6.54 Å². The third-order valence-corrected chi connectivity index (χ3v) is 4.40. The Bertz CT molecular complexity index is 568. The minimum atomic E-state index is 0. The van der Waals surface area contributed by atoms with Crippen LogP contribution in [0.1, 0.15) is 24.8 Å². The SMILES string of the molecule is Cl.NCCC1CCCN(Cc2ccc3ccccc3c2)C1. The van der Waals surface area contributed by atoms with Gasteiger partial charge < -0.3 is 5.73 Å². The molecule has 0 amide bonds. The Morgan fingerprint density at radius 2 is 1.90 bits per heavy atom. The summed E-state index contributed by atoms with van der Waals surface area (Å²) in [7, 11) is 0. The molecule has 0 radical (unpaired) electrons. The topological polar surface area (TPSA) is 29.3 Å². The van der Waals surface area contributed by atoms with Crippen molar-refractivity contribution in [1.82, 2.24) is 4.90 Å². The lowest BCUT2D eigenvalue weighted by Crippen LogP contribution is -2.35. The molecule has 0 saturated carbocycles. The summed E-state index contributed by atoms with van der Waals surface area (Å²) in [4.78, 5) is 2.59. The van der Waals surface area contributed by atoms with Gasteiger partial charge in [-0.2, -0.15) is 0 Å². The molecule has 1 fully saturated rings. The van der Waals surface area contributed by atoms with Crippen LogP contribution >= 0.6 is 12.4 Å². The predicted molar refractivity (Wildman–Crippen MR) is 92.9 cm³/mol. The van der Waals surface area contributed by atoms with Crippen LogP contribution in [-0.4, -0.2) is 24.5 Å². The Morgan fingerprint density at radius 3 is 2.71 bits per heavy atom. The first-order valence-corrected chi connectivity index (χ1v) is 7.75. The van der Waals surface area contributed by atoms with Gasteiger partial charge in [-0.3, -0.25) is 4.90 Å². The Hall–Kier alpha value is -1.09. The van der Waals surface area contributed by atoms with E-state index in [-0.39, 0.29) is 12.4 Å². The number of likely N-dealkylation sites (tertiary alicyclic amines) is 1. The van der Waals surface area contributed by atoms with Crippen molar-refractivity contribution in [2.45, 2.75) is 25.8 Å². The molecule has 0 spiro atoms. The molecule has 21 heavy (non-hydrogen) atoms. The Kier molecular flexibility index (Phi) is 6.04. The van der Waals surface area contributed by atoms with E-state index < -0.39 is 0 Å². The number of piperidine rings is 1. The fourth-order valence-electron chi connectivity index (χ4n) is 3.36. The quantitative estimate of drug-likeness (QED) is 0.930. The van der Waals surface area contributed by atoms with Crippen LogP contribution < -0.4 is 5.73 Å². The zero-order valence-electron chi connectivity index (χ0n) is 12.5. The van der Waals surface area contributed by atoms with E-state index in [1.807, 2.05) is 0 Å². The number of nitrogens with two attached hydrogens (primary N) is 1. The van der Waals surface area contributed by atoms with Gasteiger partial charge in [0.1, 0.15) is 0 Å².